The maximum atomic E-state index is 14.1. The molecule has 3 rings (SSSR count). The Bertz CT molecular complexity index is 911. The second-order valence-corrected chi connectivity index (χ2v) is 7.24. The number of carbonyl (C=O) groups excluding carboxylic acids is 2. The van der Waals surface area contributed by atoms with E-state index in [2.05, 4.69) is 5.32 Å². The lowest BCUT2D eigenvalue weighted by Crippen LogP contribution is -2.42. The van der Waals surface area contributed by atoms with Gasteiger partial charge >= 0.3 is 0 Å². The molecule has 2 aromatic carbocycles. The predicted molar refractivity (Wildman–Crippen MR) is 106 cm³/mol. The summed E-state index contributed by atoms with van der Waals surface area (Å²) >= 11 is 0. The quantitative estimate of drug-likeness (QED) is 0.799. The Hall–Kier alpha value is -2.80. The Morgan fingerprint density at radius 2 is 2.00 bits per heavy atom. The summed E-state index contributed by atoms with van der Waals surface area (Å²) < 4.78 is 32.9. The average Bonchev–Trinajstić information content (AvgIpc) is 3.17. The molecule has 2 aromatic rings. The molecule has 0 saturated carbocycles. The van der Waals surface area contributed by atoms with Crippen molar-refractivity contribution in [3.8, 4) is 0 Å². The first-order valence-corrected chi connectivity index (χ1v) is 9.57. The number of hydrogen-bond acceptors (Lipinski definition) is 3. The Morgan fingerprint density at radius 3 is 2.69 bits per heavy atom. The molecule has 154 valence electrons. The number of carbonyl (C=O) groups is 2. The van der Waals surface area contributed by atoms with Gasteiger partial charge in [-0.15, -0.1) is 0 Å². The van der Waals surface area contributed by atoms with Crippen LogP contribution < -0.4 is 5.32 Å². The topological polar surface area (TPSA) is 58.6 Å². The van der Waals surface area contributed by atoms with Gasteiger partial charge in [0, 0.05) is 24.9 Å². The summed E-state index contributed by atoms with van der Waals surface area (Å²) in [5.74, 6) is -2.79. The number of nitrogens with one attached hydrogen (secondary N) is 1. The van der Waals surface area contributed by atoms with Crippen LogP contribution in [0.4, 0.5) is 14.5 Å². The molecule has 1 saturated heterocycles. The van der Waals surface area contributed by atoms with Gasteiger partial charge in [-0.05, 0) is 56.0 Å². The zero-order valence-electron chi connectivity index (χ0n) is 16.5. The summed E-state index contributed by atoms with van der Waals surface area (Å²) in [6.45, 7) is 4.33. The van der Waals surface area contributed by atoms with Crippen molar-refractivity contribution in [2.75, 3.05) is 25.0 Å². The first-order chi connectivity index (χ1) is 13.8. The highest BCUT2D eigenvalue weighted by Crippen LogP contribution is 2.20. The normalized spacial score (nSPS) is 15.9. The van der Waals surface area contributed by atoms with Gasteiger partial charge < -0.3 is 15.0 Å². The molecule has 5 nitrogen and oxygen atoms in total. The van der Waals surface area contributed by atoms with Crippen molar-refractivity contribution >= 4 is 17.5 Å². The number of halogens is 2. The van der Waals surface area contributed by atoms with E-state index in [9.17, 15) is 18.4 Å². The lowest BCUT2D eigenvalue weighted by Gasteiger charge is -2.25. The van der Waals surface area contributed by atoms with Gasteiger partial charge in [0.2, 0.25) is 5.91 Å². The van der Waals surface area contributed by atoms with Crippen LogP contribution in [-0.4, -0.2) is 42.5 Å². The van der Waals surface area contributed by atoms with Crippen LogP contribution in [0.15, 0.2) is 36.4 Å². The SMILES string of the molecule is Cc1cccc(NC(=O)CN(CC2CCCO2)C(=O)c2ccc(F)cc2F)c1C. The fraction of sp³-hybridized carbons (Fsp3) is 0.364. The van der Waals surface area contributed by atoms with Crippen LogP contribution in [0.1, 0.15) is 34.3 Å². The smallest absolute Gasteiger partial charge is 0.257 e. The van der Waals surface area contributed by atoms with Crippen molar-refractivity contribution in [1.29, 1.82) is 0 Å². The third-order valence-electron chi connectivity index (χ3n) is 5.11. The summed E-state index contributed by atoms with van der Waals surface area (Å²) in [5.41, 5.74) is 2.35. The number of aryl methyl sites for hydroxylation is 1. The Kier molecular flexibility index (Phi) is 6.59. The van der Waals surface area contributed by atoms with Gasteiger partial charge in [-0.3, -0.25) is 9.59 Å². The van der Waals surface area contributed by atoms with Gasteiger partial charge in [0.1, 0.15) is 18.2 Å². The summed E-state index contributed by atoms with van der Waals surface area (Å²) in [6.07, 6.45) is 1.41. The van der Waals surface area contributed by atoms with E-state index in [1.54, 1.807) is 6.07 Å². The van der Waals surface area contributed by atoms with E-state index >= 15 is 0 Å². The van der Waals surface area contributed by atoms with Gasteiger partial charge in [-0.25, -0.2) is 8.78 Å². The number of amides is 2. The zero-order valence-corrected chi connectivity index (χ0v) is 16.5. The molecule has 1 aliphatic rings. The number of anilines is 1. The van der Waals surface area contributed by atoms with E-state index in [0.717, 1.165) is 36.1 Å². The summed E-state index contributed by atoms with van der Waals surface area (Å²) in [4.78, 5) is 26.8. The van der Waals surface area contributed by atoms with Crippen LogP contribution in [0.2, 0.25) is 0 Å². The number of hydrogen-bond donors (Lipinski definition) is 1. The first kappa shape index (κ1) is 20.9. The van der Waals surface area contributed by atoms with Crippen LogP contribution in [0.25, 0.3) is 0 Å². The molecule has 2 amide bonds. The molecule has 0 bridgehead atoms. The van der Waals surface area contributed by atoms with Crippen molar-refractivity contribution in [2.24, 2.45) is 0 Å². The Morgan fingerprint density at radius 1 is 1.21 bits per heavy atom. The number of nitrogens with zero attached hydrogens (tertiary/aromatic N) is 1. The van der Waals surface area contributed by atoms with Gasteiger partial charge in [-0.2, -0.15) is 0 Å². The van der Waals surface area contributed by atoms with Crippen LogP contribution >= 0.6 is 0 Å². The monoisotopic (exact) mass is 402 g/mol. The van der Waals surface area contributed by atoms with Crippen LogP contribution in [0.3, 0.4) is 0 Å². The molecular formula is C22H24F2N2O3. The minimum absolute atomic E-state index is 0.163. The van der Waals surface area contributed by atoms with Crippen LogP contribution in [0.5, 0.6) is 0 Å². The average molecular weight is 402 g/mol. The first-order valence-electron chi connectivity index (χ1n) is 9.57. The highest BCUT2D eigenvalue weighted by atomic mass is 19.1. The van der Waals surface area contributed by atoms with Gasteiger partial charge in [0.25, 0.3) is 5.91 Å². The highest BCUT2D eigenvalue weighted by Gasteiger charge is 2.27. The van der Waals surface area contributed by atoms with Crippen molar-refractivity contribution in [3.63, 3.8) is 0 Å². The molecule has 1 unspecified atom stereocenters. The van der Waals surface area contributed by atoms with E-state index < -0.39 is 23.4 Å². The molecule has 0 aromatic heterocycles. The molecular weight excluding hydrogens is 378 g/mol. The summed E-state index contributed by atoms with van der Waals surface area (Å²) in [5, 5.41) is 2.81. The Balaban J connectivity index is 1.78. The van der Waals surface area contributed by atoms with E-state index in [1.165, 1.54) is 4.90 Å². The van der Waals surface area contributed by atoms with Crippen molar-refractivity contribution in [2.45, 2.75) is 32.8 Å². The maximum Gasteiger partial charge on any atom is 0.257 e. The second kappa shape index (κ2) is 9.13. The molecule has 1 N–H and O–H groups in total. The molecule has 7 heteroatoms. The molecule has 0 spiro atoms. The van der Waals surface area contributed by atoms with Gasteiger partial charge in [0.15, 0.2) is 0 Å². The van der Waals surface area contributed by atoms with E-state index in [4.69, 9.17) is 4.74 Å². The second-order valence-electron chi connectivity index (χ2n) is 7.24. The number of rotatable bonds is 6. The standard InChI is InChI=1S/C22H24F2N2O3/c1-14-5-3-7-20(15(14)2)25-21(27)13-26(12-17-6-4-10-29-17)22(28)18-9-8-16(23)11-19(18)24/h3,5,7-9,11,17H,4,6,10,12-13H2,1-2H3,(H,25,27). The van der Waals surface area contributed by atoms with Crippen LogP contribution in [-0.2, 0) is 9.53 Å². The minimum atomic E-state index is -0.956. The van der Waals surface area contributed by atoms with Crippen molar-refractivity contribution in [3.05, 3.63) is 64.7 Å². The third-order valence-corrected chi connectivity index (χ3v) is 5.11. The molecule has 29 heavy (non-hydrogen) atoms. The molecule has 1 fully saturated rings. The molecule has 1 heterocycles. The van der Waals surface area contributed by atoms with Gasteiger partial charge in [-0.1, -0.05) is 12.1 Å². The maximum absolute atomic E-state index is 14.1. The van der Waals surface area contributed by atoms with Gasteiger partial charge in [0.05, 0.1) is 11.7 Å². The number of ether oxygens (including phenoxy) is 1. The Labute approximate surface area is 168 Å². The van der Waals surface area contributed by atoms with E-state index in [0.29, 0.717) is 18.4 Å². The van der Waals surface area contributed by atoms with Crippen LogP contribution in [0, 0.1) is 25.5 Å². The minimum Gasteiger partial charge on any atom is -0.376 e. The van der Waals surface area contributed by atoms with Crippen molar-refractivity contribution in [1.82, 2.24) is 4.90 Å². The lowest BCUT2D eigenvalue weighted by molar-refractivity contribution is -0.117. The largest absolute Gasteiger partial charge is 0.376 e. The molecule has 0 radical (unpaired) electrons. The molecule has 0 aliphatic carbocycles. The zero-order chi connectivity index (χ0) is 21.0. The predicted octanol–water partition coefficient (Wildman–Crippen LogP) is 3.84. The summed E-state index contributed by atoms with van der Waals surface area (Å²) in [6, 6.07) is 8.34. The fourth-order valence-corrected chi connectivity index (χ4v) is 3.34. The third kappa shape index (κ3) is 5.17. The lowest BCUT2D eigenvalue weighted by atomic mass is 10.1. The van der Waals surface area contributed by atoms with Crippen molar-refractivity contribution < 1.29 is 23.1 Å². The molecule has 1 aliphatic heterocycles. The summed E-state index contributed by atoms with van der Waals surface area (Å²) in [7, 11) is 0. The highest BCUT2D eigenvalue weighted by molar-refractivity contribution is 5.99. The fourth-order valence-electron chi connectivity index (χ4n) is 3.34. The molecule has 1 atom stereocenters. The van der Waals surface area contributed by atoms with E-state index in [-0.39, 0.29) is 24.8 Å². The van der Waals surface area contributed by atoms with E-state index in [1.807, 2.05) is 26.0 Å². The number of benzene rings is 2.